The Morgan fingerprint density at radius 1 is 1.25 bits per heavy atom. The van der Waals surface area contributed by atoms with Crippen molar-refractivity contribution in [3.63, 3.8) is 0 Å². The molecule has 2 aromatic rings. The summed E-state index contributed by atoms with van der Waals surface area (Å²) in [6, 6.07) is 8.21. The Hall–Kier alpha value is -1.77. The molecule has 0 fully saturated rings. The van der Waals surface area contributed by atoms with Crippen LogP contribution in [-0.2, 0) is 6.54 Å². The van der Waals surface area contributed by atoms with Crippen molar-refractivity contribution in [2.24, 2.45) is 0 Å². The molecule has 1 aromatic heterocycles. The molecule has 0 aliphatic carbocycles. The summed E-state index contributed by atoms with van der Waals surface area (Å²) in [5, 5.41) is 1.17. The van der Waals surface area contributed by atoms with Gasteiger partial charge in [-0.25, -0.2) is 0 Å². The fourth-order valence-electron chi connectivity index (χ4n) is 2.47. The maximum atomic E-state index is 12.0. The van der Waals surface area contributed by atoms with Crippen LogP contribution in [0.15, 0.2) is 24.3 Å². The van der Waals surface area contributed by atoms with Gasteiger partial charge in [-0.05, 0) is 18.6 Å². The van der Waals surface area contributed by atoms with E-state index in [1.807, 2.05) is 19.2 Å². The summed E-state index contributed by atoms with van der Waals surface area (Å²) >= 11 is 0. The Balaban J connectivity index is 2.35. The molecule has 1 aliphatic rings. The fraction of sp³-hybridized carbons (Fsp3) is 0.308. The van der Waals surface area contributed by atoms with Crippen LogP contribution < -0.4 is 0 Å². The minimum Gasteiger partial charge on any atom is -0.339 e. The Labute approximate surface area is 94.3 Å². The van der Waals surface area contributed by atoms with E-state index in [4.69, 9.17) is 0 Å². The number of hydrogen-bond donors (Lipinski definition) is 0. The predicted octanol–water partition coefficient (Wildman–Crippen LogP) is 2.04. The van der Waals surface area contributed by atoms with Gasteiger partial charge in [-0.1, -0.05) is 18.2 Å². The van der Waals surface area contributed by atoms with Gasteiger partial charge in [0.15, 0.2) is 0 Å². The van der Waals surface area contributed by atoms with Crippen molar-refractivity contribution in [3.8, 4) is 0 Å². The number of nitrogens with zero attached hydrogens (tertiary/aromatic N) is 2. The SMILES string of the molecule is Cc1cccc2cc3n(c12)CCN(C)C3=O. The Bertz CT molecular complexity index is 583. The van der Waals surface area contributed by atoms with Gasteiger partial charge < -0.3 is 9.47 Å². The third kappa shape index (κ3) is 1.11. The van der Waals surface area contributed by atoms with E-state index in [2.05, 4.69) is 23.6 Å². The number of aromatic nitrogens is 1. The number of rotatable bonds is 0. The molecule has 0 bridgehead atoms. The van der Waals surface area contributed by atoms with Crippen molar-refractivity contribution >= 4 is 16.8 Å². The molecule has 16 heavy (non-hydrogen) atoms. The predicted molar refractivity (Wildman–Crippen MR) is 63.6 cm³/mol. The van der Waals surface area contributed by atoms with Crippen LogP contribution in [0.1, 0.15) is 16.1 Å². The third-order valence-corrected chi connectivity index (χ3v) is 3.35. The Morgan fingerprint density at radius 3 is 2.88 bits per heavy atom. The minimum atomic E-state index is 0.127. The second kappa shape index (κ2) is 3.11. The van der Waals surface area contributed by atoms with Crippen LogP contribution in [0.25, 0.3) is 10.9 Å². The lowest BCUT2D eigenvalue weighted by Crippen LogP contribution is -2.36. The van der Waals surface area contributed by atoms with Gasteiger partial charge in [-0.2, -0.15) is 0 Å². The van der Waals surface area contributed by atoms with Gasteiger partial charge in [-0.3, -0.25) is 4.79 Å². The van der Waals surface area contributed by atoms with Crippen LogP contribution in [0, 0.1) is 6.92 Å². The van der Waals surface area contributed by atoms with Crippen LogP contribution >= 0.6 is 0 Å². The molecule has 0 spiro atoms. The molecule has 0 N–H and O–H groups in total. The standard InChI is InChI=1S/C13H14N2O/c1-9-4-3-5-10-8-11-13(16)14(2)6-7-15(11)12(9)10/h3-5,8H,6-7H2,1-2H3. The molecule has 0 unspecified atom stereocenters. The van der Waals surface area contributed by atoms with Gasteiger partial charge in [0.1, 0.15) is 5.69 Å². The summed E-state index contributed by atoms with van der Waals surface area (Å²) in [6.07, 6.45) is 0. The van der Waals surface area contributed by atoms with Gasteiger partial charge >= 0.3 is 0 Å². The lowest BCUT2D eigenvalue weighted by atomic mass is 10.2. The number of fused-ring (bicyclic) bond motifs is 3. The Morgan fingerprint density at radius 2 is 2.06 bits per heavy atom. The molecule has 1 aromatic carbocycles. The zero-order valence-electron chi connectivity index (χ0n) is 9.53. The number of aryl methyl sites for hydroxylation is 1. The average molecular weight is 214 g/mol. The van der Waals surface area contributed by atoms with Crippen molar-refractivity contribution < 1.29 is 4.79 Å². The number of carbonyl (C=O) groups excluding carboxylic acids is 1. The van der Waals surface area contributed by atoms with Crippen molar-refractivity contribution in [1.82, 2.24) is 9.47 Å². The lowest BCUT2D eigenvalue weighted by Gasteiger charge is -2.25. The molecule has 0 saturated heterocycles. The molecule has 82 valence electrons. The summed E-state index contributed by atoms with van der Waals surface area (Å²) < 4.78 is 2.15. The van der Waals surface area contributed by atoms with Gasteiger partial charge in [0, 0.05) is 25.5 Å². The molecule has 1 amide bonds. The quantitative estimate of drug-likeness (QED) is 0.658. The molecular weight excluding hydrogens is 200 g/mol. The van der Waals surface area contributed by atoms with E-state index in [9.17, 15) is 4.79 Å². The minimum absolute atomic E-state index is 0.127. The van der Waals surface area contributed by atoms with Gasteiger partial charge in [0.25, 0.3) is 5.91 Å². The van der Waals surface area contributed by atoms with E-state index in [0.717, 1.165) is 18.8 Å². The first-order chi connectivity index (χ1) is 7.68. The topological polar surface area (TPSA) is 25.2 Å². The molecule has 0 atom stereocenters. The van der Waals surface area contributed by atoms with Crippen molar-refractivity contribution in [3.05, 3.63) is 35.5 Å². The van der Waals surface area contributed by atoms with Crippen LogP contribution in [0.3, 0.4) is 0 Å². The zero-order chi connectivity index (χ0) is 11.3. The van der Waals surface area contributed by atoms with Crippen LogP contribution in [0.2, 0.25) is 0 Å². The van der Waals surface area contributed by atoms with E-state index in [1.165, 1.54) is 16.5 Å². The summed E-state index contributed by atoms with van der Waals surface area (Å²) in [7, 11) is 1.86. The van der Waals surface area contributed by atoms with E-state index in [0.29, 0.717) is 0 Å². The van der Waals surface area contributed by atoms with Crippen molar-refractivity contribution in [1.29, 1.82) is 0 Å². The lowest BCUT2D eigenvalue weighted by molar-refractivity contribution is 0.0751. The monoisotopic (exact) mass is 214 g/mol. The van der Waals surface area contributed by atoms with E-state index >= 15 is 0 Å². The molecule has 3 heteroatoms. The number of amides is 1. The largest absolute Gasteiger partial charge is 0.339 e. The zero-order valence-corrected chi connectivity index (χ0v) is 9.53. The van der Waals surface area contributed by atoms with Crippen LogP contribution in [0.4, 0.5) is 0 Å². The highest BCUT2D eigenvalue weighted by molar-refractivity contribution is 6.00. The van der Waals surface area contributed by atoms with Gasteiger partial charge in [0.05, 0.1) is 5.52 Å². The third-order valence-electron chi connectivity index (χ3n) is 3.35. The number of likely N-dealkylation sites (N-methyl/N-ethyl adjacent to an activating group) is 1. The fourth-order valence-corrected chi connectivity index (χ4v) is 2.47. The van der Waals surface area contributed by atoms with Gasteiger partial charge in [-0.15, -0.1) is 0 Å². The maximum absolute atomic E-state index is 12.0. The smallest absolute Gasteiger partial charge is 0.270 e. The van der Waals surface area contributed by atoms with Crippen LogP contribution in [0.5, 0.6) is 0 Å². The number of hydrogen-bond acceptors (Lipinski definition) is 1. The van der Waals surface area contributed by atoms with Crippen LogP contribution in [-0.4, -0.2) is 29.0 Å². The average Bonchev–Trinajstić information content (AvgIpc) is 2.64. The number of benzene rings is 1. The first-order valence-electron chi connectivity index (χ1n) is 5.53. The molecule has 0 radical (unpaired) electrons. The van der Waals surface area contributed by atoms with Crippen molar-refractivity contribution in [2.75, 3.05) is 13.6 Å². The van der Waals surface area contributed by atoms with E-state index in [1.54, 1.807) is 4.90 Å². The molecule has 1 aliphatic heterocycles. The second-order valence-corrected chi connectivity index (χ2v) is 4.42. The molecule has 3 nitrogen and oxygen atoms in total. The summed E-state index contributed by atoms with van der Waals surface area (Å²) in [5.41, 5.74) is 3.26. The van der Waals surface area contributed by atoms with Crippen molar-refractivity contribution in [2.45, 2.75) is 13.5 Å². The molecule has 3 rings (SSSR count). The highest BCUT2D eigenvalue weighted by Gasteiger charge is 2.23. The van der Waals surface area contributed by atoms with Gasteiger partial charge in [0.2, 0.25) is 0 Å². The summed E-state index contributed by atoms with van der Waals surface area (Å²) in [5.74, 6) is 0.127. The normalized spacial score (nSPS) is 15.6. The maximum Gasteiger partial charge on any atom is 0.270 e. The van der Waals surface area contributed by atoms with E-state index < -0.39 is 0 Å². The second-order valence-electron chi connectivity index (χ2n) is 4.42. The number of para-hydroxylation sites is 1. The highest BCUT2D eigenvalue weighted by atomic mass is 16.2. The number of carbonyl (C=O) groups is 1. The first kappa shape index (κ1) is 9.46. The Kier molecular flexibility index (Phi) is 1.84. The summed E-state index contributed by atoms with van der Waals surface area (Å²) in [6.45, 7) is 3.79. The summed E-state index contributed by atoms with van der Waals surface area (Å²) in [4.78, 5) is 13.8. The highest BCUT2D eigenvalue weighted by Crippen LogP contribution is 2.25. The molecular formula is C13H14N2O. The van der Waals surface area contributed by atoms with E-state index in [-0.39, 0.29) is 5.91 Å². The molecule has 2 heterocycles. The first-order valence-corrected chi connectivity index (χ1v) is 5.53. The molecule has 0 saturated carbocycles.